The third-order valence-electron chi connectivity index (χ3n) is 13.0. The maximum absolute atomic E-state index is 12.9. The molecule has 70 heavy (non-hydrogen) atoms. The number of carbonyl (C=O) groups excluding carboxylic acids is 3. The predicted octanol–water partition coefficient (Wildman–Crippen LogP) is 20.2. The standard InChI is InChI=1S/C64H112O6/c1-4-7-10-13-16-19-22-25-27-29-31-32-33-35-36-39-42-45-48-51-54-57-63(66)69-60-61(59-68-62(65)56-53-50-47-44-41-38-24-21-18-15-12-9-6-3)70-64(67)58-55-52-49-46-43-40-37-34-30-28-26-23-20-17-14-11-8-5-2/h9,12,18,21-22,25,29,31,38,41,47,50,61H,4-8,10-11,13-17,19-20,23-24,26-28,30,32-37,39-40,42-46,48-49,51-60H2,1-3H3/b12-9-,21-18-,25-22-,31-29-,41-38-,50-47-. The first-order valence-corrected chi connectivity index (χ1v) is 29.9. The Morgan fingerprint density at radius 3 is 0.957 bits per heavy atom. The summed E-state index contributed by atoms with van der Waals surface area (Å²) >= 11 is 0. The largest absolute Gasteiger partial charge is 0.462 e. The molecule has 0 radical (unpaired) electrons. The van der Waals surface area contributed by atoms with Crippen LogP contribution in [-0.4, -0.2) is 37.2 Å². The molecule has 0 spiro atoms. The normalized spacial score (nSPS) is 12.6. The summed E-state index contributed by atoms with van der Waals surface area (Å²) in [5.41, 5.74) is 0. The van der Waals surface area contributed by atoms with Crippen LogP contribution in [0, 0.1) is 0 Å². The number of carbonyl (C=O) groups is 3. The molecule has 0 bridgehead atoms. The molecule has 1 unspecified atom stereocenters. The molecule has 0 fully saturated rings. The van der Waals surface area contributed by atoms with Crippen LogP contribution in [-0.2, 0) is 28.6 Å². The second kappa shape index (κ2) is 58.4. The van der Waals surface area contributed by atoms with E-state index in [1.54, 1.807) is 0 Å². The van der Waals surface area contributed by atoms with E-state index in [1.807, 2.05) is 6.08 Å². The number of esters is 3. The van der Waals surface area contributed by atoms with E-state index in [4.69, 9.17) is 14.2 Å². The zero-order valence-electron chi connectivity index (χ0n) is 46.3. The van der Waals surface area contributed by atoms with Gasteiger partial charge in [-0.3, -0.25) is 14.4 Å². The molecule has 0 N–H and O–H groups in total. The van der Waals surface area contributed by atoms with Crippen molar-refractivity contribution in [2.75, 3.05) is 13.2 Å². The lowest BCUT2D eigenvalue weighted by atomic mass is 10.0. The molecule has 0 saturated heterocycles. The van der Waals surface area contributed by atoms with Gasteiger partial charge in [0.1, 0.15) is 13.2 Å². The van der Waals surface area contributed by atoms with E-state index in [9.17, 15) is 14.4 Å². The van der Waals surface area contributed by atoms with E-state index in [0.29, 0.717) is 19.3 Å². The van der Waals surface area contributed by atoms with Crippen molar-refractivity contribution < 1.29 is 28.6 Å². The van der Waals surface area contributed by atoms with Crippen molar-refractivity contribution in [3.05, 3.63) is 72.9 Å². The van der Waals surface area contributed by atoms with Gasteiger partial charge >= 0.3 is 17.9 Å². The van der Waals surface area contributed by atoms with Crippen molar-refractivity contribution in [2.45, 2.75) is 303 Å². The fraction of sp³-hybridized carbons (Fsp3) is 0.766. The van der Waals surface area contributed by atoms with Crippen LogP contribution in [0.1, 0.15) is 297 Å². The van der Waals surface area contributed by atoms with Crippen LogP contribution in [0.4, 0.5) is 0 Å². The Morgan fingerprint density at radius 1 is 0.300 bits per heavy atom. The Labute approximate surface area is 433 Å². The summed E-state index contributed by atoms with van der Waals surface area (Å²) in [5, 5.41) is 0. The lowest BCUT2D eigenvalue weighted by molar-refractivity contribution is -0.166. The van der Waals surface area contributed by atoms with Gasteiger partial charge in [0.25, 0.3) is 0 Å². The zero-order chi connectivity index (χ0) is 50.7. The highest BCUT2D eigenvalue weighted by molar-refractivity contribution is 5.71. The quantitative estimate of drug-likeness (QED) is 0.0261. The summed E-state index contributed by atoms with van der Waals surface area (Å²) in [6.45, 7) is 6.48. The maximum atomic E-state index is 12.9. The average molecular weight is 978 g/mol. The van der Waals surface area contributed by atoms with E-state index in [-0.39, 0.29) is 37.5 Å². The fourth-order valence-electron chi connectivity index (χ4n) is 8.49. The van der Waals surface area contributed by atoms with Gasteiger partial charge in [-0.1, -0.05) is 273 Å². The van der Waals surface area contributed by atoms with Gasteiger partial charge in [0.05, 0.1) is 0 Å². The summed E-state index contributed by atoms with van der Waals surface area (Å²) in [5.74, 6) is -0.974. The molecule has 0 heterocycles. The molecule has 0 amide bonds. The van der Waals surface area contributed by atoms with Gasteiger partial charge in [-0.25, -0.2) is 0 Å². The van der Waals surface area contributed by atoms with Crippen molar-refractivity contribution in [1.29, 1.82) is 0 Å². The first kappa shape index (κ1) is 66.9. The smallest absolute Gasteiger partial charge is 0.306 e. The summed E-state index contributed by atoms with van der Waals surface area (Å²) < 4.78 is 16.8. The first-order valence-electron chi connectivity index (χ1n) is 29.9. The maximum Gasteiger partial charge on any atom is 0.306 e. The van der Waals surface area contributed by atoms with Crippen LogP contribution < -0.4 is 0 Å². The van der Waals surface area contributed by atoms with Crippen molar-refractivity contribution in [3.8, 4) is 0 Å². The first-order chi connectivity index (χ1) is 34.5. The third-order valence-corrected chi connectivity index (χ3v) is 13.0. The monoisotopic (exact) mass is 977 g/mol. The lowest BCUT2D eigenvalue weighted by Gasteiger charge is -2.18. The molecule has 0 aliphatic carbocycles. The Morgan fingerprint density at radius 2 is 0.586 bits per heavy atom. The third kappa shape index (κ3) is 55.8. The van der Waals surface area contributed by atoms with Crippen LogP contribution in [0.3, 0.4) is 0 Å². The Kier molecular flexibility index (Phi) is 55.8. The zero-order valence-corrected chi connectivity index (χ0v) is 46.3. The fourth-order valence-corrected chi connectivity index (χ4v) is 8.49. The van der Waals surface area contributed by atoms with Gasteiger partial charge < -0.3 is 14.2 Å². The van der Waals surface area contributed by atoms with Crippen molar-refractivity contribution in [2.24, 2.45) is 0 Å². The van der Waals surface area contributed by atoms with Gasteiger partial charge in [0.15, 0.2) is 6.10 Å². The van der Waals surface area contributed by atoms with Gasteiger partial charge in [-0.05, 0) is 77.0 Å². The average Bonchev–Trinajstić information content (AvgIpc) is 3.36. The molecule has 0 rings (SSSR count). The summed E-state index contributed by atoms with van der Waals surface area (Å²) in [4.78, 5) is 38.1. The molecule has 404 valence electrons. The van der Waals surface area contributed by atoms with Crippen LogP contribution in [0.5, 0.6) is 0 Å². The summed E-state index contributed by atoms with van der Waals surface area (Å²) in [6, 6.07) is 0. The SMILES string of the molecule is CC/C=C\C/C=C\C/C=C\C/C=C\CCC(=O)OCC(COC(=O)CCCCCCCCCCC/C=C\C/C=C\CCCCCCC)OC(=O)CCCCCCCCCCCCCCCCCCCC. The Balaban J connectivity index is 4.38. The molecule has 0 aliphatic rings. The number of allylic oxidation sites excluding steroid dienone is 12. The molecule has 6 heteroatoms. The topological polar surface area (TPSA) is 78.9 Å². The van der Waals surface area contributed by atoms with Crippen molar-refractivity contribution in [3.63, 3.8) is 0 Å². The minimum atomic E-state index is -0.804. The molecule has 0 aromatic rings. The molecule has 6 nitrogen and oxygen atoms in total. The molecular formula is C64H112O6. The highest BCUT2D eigenvalue weighted by atomic mass is 16.6. The van der Waals surface area contributed by atoms with E-state index >= 15 is 0 Å². The molecule has 1 atom stereocenters. The Bertz CT molecular complexity index is 1310. The van der Waals surface area contributed by atoms with Gasteiger partial charge in [-0.15, -0.1) is 0 Å². The van der Waals surface area contributed by atoms with Gasteiger partial charge in [0, 0.05) is 19.3 Å². The molecule has 0 aromatic carbocycles. The van der Waals surface area contributed by atoms with Crippen molar-refractivity contribution in [1.82, 2.24) is 0 Å². The van der Waals surface area contributed by atoms with Crippen LogP contribution in [0.25, 0.3) is 0 Å². The van der Waals surface area contributed by atoms with E-state index in [2.05, 4.69) is 87.6 Å². The van der Waals surface area contributed by atoms with Crippen LogP contribution in [0.2, 0.25) is 0 Å². The highest BCUT2D eigenvalue weighted by Gasteiger charge is 2.19. The number of ether oxygens (including phenoxy) is 3. The molecule has 0 aromatic heterocycles. The van der Waals surface area contributed by atoms with Gasteiger partial charge in [-0.2, -0.15) is 0 Å². The number of hydrogen-bond donors (Lipinski definition) is 0. The van der Waals surface area contributed by atoms with Crippen LogP contribution in [0.15, 0.2) is 72.9 Å². The predicted molar refractivity (Wildman–Crippen MR) is 302 cm³/mol. The van der Waals surface area contributed by atoms with E-state index in [0.717, 1.165) is 70.6 Å². The summed E-state index contributed by atoms with van der Waals surface area (Å²) in [7, 11) is 0. The molecule has 0 aliphatic heterocycles. The minimum Gasteiger partial charge on any atom is -0.462 e. The Hall–Kier alpha value is -3.15. The number of unbranched alkanes of at least 4 members (excludes halogenated alkanes) is 31. The second-order valence-electron chi connectivity index (χ2n) is 19.9. The second-order valence-corrected chi connectivity index (χ2v) is 19.9. The minimum absolute atomic E-state index is 0.0973. The number of rotatable bonds is 54. The highest BCUT2D eigenvalue weighted by Crippen LogP contribution is 2.16. The summed E-state index contributed by atoms with van der Waals surface area (Å²) in [6.07, 6.45) is 74.9. The van der Waals surface area contributed by atoms with Crippen LogP contribution >= 0.6 is 0 Å². The lowest BCUT2D eigenvalue weighted by Crippen LogP contribution is -2.30. The van der Waals surface area contributed by atoms with Gasteiger partial charge in [0.2, 0.25) is 0 Å². The van der Waals surface area contributed by atoms with E-state index < -0.39 is 6.10 Å². The number of hydrogen-bond acceptors (Lipinski definition) is 6. The molecule has 0 saturated carbocycles. The van der Waals surface area contributed by atoms with E-state index in [1.165, 1.54) is 180 Å². The van der Waals surface area contributed by atoms with Crippen molar-refractivity contribution >= 4 is 17.9 Å². The molecular weight excluding hydrogens is 865 g/mol.